The maximum atomic E-state index is 11.5. The van der Waals surface area contributed by atoms with Crippen molar-refractivity contribution in [3.63, 3.8) is 0 Å². The van der Waals surface area contributed by atoms with Crippen LogP contribution in [-0.2, 0) is 4.74 Å². The number of carbonyl (C=O) groups excluding carboxylic acids is 1. The number of nitrogens with two attached hydrogens (primary N) is 1. The lowest BCUT2D eigenvalue weighted by Crippen LogP contribution is -2.27. The van der Waals surface area contributed by atoms with Gasteiger partial charge in [0, 0.05) is 6.07 Å². The second-order valence-electron chi connectivity index (χ2n) is 4.61. The number of pyridine rings is 1. The lowest BCUT2D eigenvalue weighted by atomic mass is 10.2. The molecule has 1 aromatic rings. The summed E-state index contributed by atoms with van der Waals surface area (Å²) >= 11 is 5.69. The van der Waals surface area contributed by atoms with Gasteiger partial charge in [-0.05, 0) is 20.8 Å². The molecule has 0 spiro atoms. The standard InChI is InChI=1S/C10H13ClN4O4/c1-10(2,3)19-9(16)14-6-4-5(11)7(15(17)18)8(12)13-6/h4H,1-3H3,(H3,12,13,14,16). The number of aromatic nitrogens is 1. The first kappa shape index (κ1) is 15.0. The van der Waals surface area contributed by atoms with E-state index in [1.165, 1.54) is 0 Å². The van der Waals surface area contributed by atoms with Crippen LogP contribution < -0.4 is 11.1 Å². The molecule has 0 fully saturated rings. The molecule has 0 aliphatic rings. The molecular weight excluding hydrogens is 276 g/mol. The van der Waals surface area contributed by atoms with Gasteiger partial charge in [0.1, 0.15) is 16.4 Å². The number of nitrogen functional groups attached to an aromatic ring is 1. The number of amides is 1. The zero-order chi connectivity index (χ0) is 14.8. The van der Waals surface area contributed by atoms with Gasteiger partial charge < -0.3 is 10.5 Å². The van der Waals surface area contributed by atoms with Crippen LogP contribution >= 0.6 is 11.6 Å². The molecular formula is C10H13ClN4O4. The van der Waals surface area contributed by atoms with Crippen molar-refractivity contribution in [2.45, 2.75) is 26.4 Å². The number of nitro groups is 1. The van der Waals surface area contributed by atoms with Crippen molar-refractivity contribution in [3.8, 4) is 0 Å². The largest absolute Gasteiger partial charge is 0.444 e. The third-order valence-electron chi connectivity index (χ3n) is 1.78. The highest BCUT2D eigenvalue weighted by Gasteiger charge is 2.22. The van der Waals surface area contributed by atoms with Gasteiger partial charge in [-0.25, -0.2) is 9.78 Å². The molecule has 3 N–H and O–H groups in total. The molecule has 0 saturated heterocycles. The molecule has 8 nitrogen and oxygen atoms in total. The van der Waals surface area contributed by atoms with Crippen LogP contribution in [0.3, 0.4) is 0 Å². The number of hydrogen-bond donors (Lipinski definition) is 2. The summed E-state index contributed by atoms with van der Waals surface area (Å²) in [5, 5.41) is 12.7. The first-order valence-electron chi connectivity index (χ1n) is 5.20. The number of carbonyl (C=O) groups is 1. The maximum Gasteiger partial charge on any atom is 0.413 e. The Hall–Kier alpha value is -2.09. The second-order valence-corrected chi connectivity index (χ2v) is 5.01. The summed E-state index contributed by atoms with van der Waals surface area (Å²) in [6.45, 7) is 5.07. The number of halogens is 1. The van der Waals surface area contributed by atoms with Crippen molar-refractivity contribution >= 4 is 35.0 Å². The predicted octanol–water partition coefficient (Wildman–Crippen LogP) is 2.57. The van der Waals surface area contributed by atoms with Crippen LogP contribution in [0, 0.1) is 10.1 Å². The smallest absolute Gasteiger partial charge is 0.413 e. The van der Waals surface area contributed by atoms with Crippen LogP contribution in [0.2, 0.25) is 5.02 Å². The Morgan fingerprint density at radius 1 is 1.58 bits per heavy atom. The van der Waals surface area contributed by atoms with Crippen LogP contribution in [0.15, 0.2) is 6.07 Å². The lowest BCUT2D eigenvalue weighted by Gasteiger charge is -2.19. The molecule has 1 aromatic heterocycles. The van der Waals surface area contributed by atoms with Gasteiger partial charge in [0.05, 0.1) is 4.92 Å². The summed E-state index contributed by atoms with van der Waals surface area (Å²) in [4.78, 5) is 25.0. The van der Waals surface area contributed by atoms with Crippen LogP contribution in [0.5, 0.6) is 0 Å². The summed E-state index contributed by atoms with van der Waals surface area (Å²) in [5.74, 6) is -0.411. The van der Waals surface area contributed by atoms with E-state index in [0.29, 0.717) is 0 Å². The van der Waals surface area contributed by atoms with E-state index in [4.69, 9.17) is 22.1 Å². The van der Waals surface area contributed by atoms with E-state index >= 15 is 0 Å². The van der Waals surface area contributed by atoms with Crippen molar-refractivity contribution in [2.24, 2.45) is 0 Å². The maximum absolute atomic E-state index is 11.5. The van der Waals surface area contributed by atoms with Gasteiger partial charge in [-0.15, -0.1) is 0 Å². The minimum atomic E-state index is -0.760. The predicted molar refractivity (Wildman–Crippen MR) is 70.2 cm³/mol. The van der Waals surface area contributed by atoms with Gasteiger partial charge in [-0.1, -0.05) is 11.6 Å². The SMILES string of the molecule is CC(C)(C)OC(=O)Nc1cc(Cl)c([N+](=O)[O-])c(N)n1. The van der Waals surface area contributed by atoms with E-state index in [1.807, 2.05) is 0 Å². The van der Waals surface area contributed by atoms with Crippen molar-refractivity contribution < 1.29 is 14.5 Å². The number of anilines is 2. The highest BCUT2D eigenvalue weighted by Crippen LogP contribution is 2.31. The molecule has 0 aliphatic carbocycles. The number of nitrogens with one attached hydrogen (secondary N) is 1. The minimum absolute atomic E-state index is 0.0256. The molecule has 1 rings (SSSR count). The number of rotatable bonds is 2. The Morgan fingerprint density at radius 3 is 2.58 bits per heavy atom. The monoisotopic (exact) mass is 288 g/mol. The molecule has 0 atom stereocenters. The van der Waals surface area contributed by atoms with Crippen molar-refractivity contribution in [1.29, 1.82) is 0 Å². The molecule has 0 saturated carbocycles. The Labute approximate surface area is 114 Å². The fourth-order valence-electron chi connectivity index (χ4n) is 1.18. The Bertz CT molecular complexity index is 504. The zero-order valence-electron chi connectivity index (χ0n) is 10.6. The van der Waals surface area contributed by atoms with E-state index < -0.39 is 22.3 Å². The summed E-state index contributed by atoms with van der Waals surface area (Å²) in [6.07, 6.45) is -0.760. The van der Waals surface area contributed by atoms with E-state index in [0.717, 1.165) is 6.07 Å². The highest BCUT2D eigenvalue weighted by atomic mass is 35.5. The Kier molecular flexibility index (Phi) is 4.15. The van der Waals surface area contributed by atoms with Gasteiger partial charge >= 0.3 is 11.8 Å². The van der Waals surface area contributed by atoms with Crippen molar-refractivity contribution in [3.05, 3.63) is 21.2 Å². The first-order chi connectivity index (χ1) is 8.60. The highest BCUT2D eigenvalue weighted by molar-refractivity contribution is 6.33. The fourth-order valence-corrected chi connectivity index (χ4v) is 1.45. The summed E-state index contributed by atoms with van der Waals surface area (Å²) in [6, 6.07) is 1.12. The van der Waals surface area contributed by atoms with Crippen LogP contribution in [0.1, 0.15) is 20.8 Å². The van der Waals surface area contributed by atoms with Gasteiger partial charge in [0.15, 0.2) is 0 Å². The molecule has 9 heteroatoms. The number of ether oxygens (including phenoxy) is 1. The zero-order valence-corrected chi connectivity index (χ0v) is 11.3. The number of nitrogens with zero attached hydrogens (tertiary/aromatic N) is 2. The molecule has 1 amide bonds. The van der Waals surface area contributed by atoms with Gasteiger partial charge in [-0.3, -0.25) is 15.4 Å². The fraction of sp³-hybridized carbons (Fsp3) is 0.400. The third kappa shape index (κ3) is 4.25. The number of hydrogen-bond acceptors (Lipinski definition) is 6. The van der Waals surface area contributed by atoms with Crippen molar-refractivity contribution in [1.82, 2.24) is 4.98 Å². The summed E-state index contributed by atoms with van der Waals surface area (Å²) in [7, 11) is 0. The van der Waals surface area contributed by atoms with Crippen LogP contribution in [-0.4, -0.2) is 21.6 Å². The molecule has 0 unspecified atom stereocenters. The molecule has 19 heavy (non-hydrogen) atoms. The van der Waals surface area contributed by atoms with Gasteiger partial charge in [-0.2, -0.15) is 0 Å². The van der Waals surface area contributed by atoms with Crippen LogP contribution in [0.25, 0.3) is 0 Å². The molecule has 0 aromatic carbocycles. The molecule has 0 bridgehead atoms. The van der Waals surface area contributed by atoms with E-state index in [2.05, 4.69) is 10.3 Å². The molecule has 0 radical (unpaired) electrons. The van der Waals surface area contributed by atoms with E-state index in [9.17, 15) is 14.9 Å². The van der Waals surface area contributed by atoms with E-state index in [-0.39, 0.29) is 16.7 Å². The summed E-state index contributed by atoms with van der Waals surface area (Å²) < 4.78 is 4.99. The summed E-state index contributed by atoms with van der Waals surface area (Å²) in [5.41, 5.74) is 4.21. The molecule has 104 valence electrons. The van der Waals surface area contributed by atoms with Crippen molar-refractivity contribution in [2.75, 3.05) is 11.1 Å². The Balaban J connectivity index is 2.93. The van der Waals surface area contributed by atoms with Gasteiger partial charge in [0.2, 0.25) is 5.82 Å². The normalized spacial score (nSPS) is 10.9. The topological polar surface area (TPSA) is 120 Å². The average Bonchev–Trinajstić information content (AvgIpc) is 2.10. The lowest BCUT2D eigenvalue weighted by molar-refractivity contribution is -0.384. The van der Waals surface area contributed by atoms with E-state index in [1.54, 1.807) is 20.8 Å². The quantitative estimate of drug-likeness (QED) is 0.637. The second kappa shape index (κ2) is 5.27. The average molecular weight is 289 g/mol. The first-order valence-corrected chi connectivity index (χ1v) is 5.58. The molecule has 0 aliphatic heterocycles. The van der Waals surface area contributed by atoms with Gasteiger partial charge in [0.25, 0.3) is 0 Å². The van der Waals surface area contributed by atoms with Crippen LogP contribution in [0.4, 0.5) is 22.1 Å². The minimum Gasteiger partial charge on any atom is -0.444 e. The molecule has 1 heterocycles. The third-order valence-corrected chi connectivity index (χ3v) is 2.07. The Morgan fingerprint density at radius 2 is 2.16 bits per heavy atom.